The Bertz CT molecular complexity index is 931. The first-order valence-electron chi connectivity index (χ1n) is 7.09. The molecule has 118 valence electrons. The molecule has 0 atom stereocenters. The number of pyridine rings is 1. The fraction of sp³-hybridized carbons (Fsp3) is 0.176. The molecule has 0 unspecified atom stereocenters. The van der Waals surface area contributed by atoms with Gasteiger partial charge in [0.05, 0.1) is 15.9 Å². The Labute approximate surface area is 151 Å². The average Bonchev–Trinajstić information content (AvgIpc) is 2.78. The molecule has 23 heavy (non-hydrogen) atoms. The zero-order valence-corrected chi connectivity index (χ0v) is 16.1. The van der Waals surface area contributed by atoms with Crippen LogP contribution in [-0.4, -0.2) is 15.3 Å². The molecule has 0 radical (unpaired) electrons. The second-order valence-electron chi connectivity index (χ2n) is 5.54. The summed E-state index contributed by atoms with van der Waals surface area (Å²) in [6.07, 6.45) is 1.92. The molecule has 1 amide bonds. The largest absolute Gasteiger partial charge is 0.320 e. The third-order valence-electron chi connectivity index (χ3n) is 3.57. The number of nitrogens with one attached hydrogen (secondary N) is 1. The fourth-order valence-electron chi connectivity index (χ4n) is 2.52. The predicted octanol–water partition coefficient (Wildman–Crippen LogP) is 5.04. The van der Waals surface area contributed by atoms with Gasteiger partial charge in [0.25, 0.3) is 5.91 Å². The highest BCUT2D eigenvalue weighted by molar-refractivity contribution is 9.11. The maximum Gasteiger partial charge on any atom is 0.274 e. The van der Waals surface area contributed by atoms with Gasteiger partial charge >= 0.3 is 0 Å². The summed E-state index contributed by atoms with van der Waals surface area (Å²) in [5, 5.41) is 2.95. The highest BCUT2D eigenvalue weighted by Gasteiger charge is 2.19. The Balaban J connectivity index is 2.06. The lowest BCUT2D eigenvalue weighted by atomic mass is 10.2. The number of anilines is 1. The van der Waals surface area contributed by atoms with E-state index in [0.29, 0.717) is 11.4 Å². The number of carbonyl (C=O) groups excluding carboxylic acids is 1. The maximum absolute atomic E-state index is 12.8. The lowest BCUT2D eigenvalue weighted by Crippen LogP contribution is -2.16. The van der Waals surface area contributed by atoms with E-state index in [0.717, 1.165) is 31.4 Å². The molecule has 0 fully saturated rings. The van der Waals surface area contributed by atoms with E-state index in [1.54, 1.807) is 0 Å². The van der Waals surface area contributed by atoms with E-state index in [-0.39, 0.29) is 5.91 Å². The van der Waals surface area contributed by atoms with E-state index in [2.05, 4.69) is 42.2 Å². The number of imidazole rings is 1. The van der Waals surface area contributed by atoms with Gasteiger partial charge in [0, 0.05) is 10.7 Å². The molecule has 0 aliphatic carbocycles. The molecule has 6 heteroatoms. The molecule has 2 heterocycles. The van der Waals surface area contributed by atoms with Gasteiger partial charge in [-0.3, -0.25) is 9.20 Å². The summed E-state index contributed by atoms with van der Waals surface area (Å²) < 4.78 is 3.55. The van der Waals surface area contributed by atoms with Crippen molar-refractivity contribution in [3.05, 3.63) is 61.9 Å². The van der Waals surface area contributed by atoms with Crippen molar-refractivity contribution < 1.29 is 4.79 Å². The second kappa shape index (κ2) is 6.09. The highest BCUT2D eigenvalue weighted by atomic mass is 79.9. The molecular formula is C17H15Br2N3O. The number of aryl methyl sites for hydroxylation is 3. The molecule has 0 bridgehead atoms. The molecule has 0 saturated carbocycles. The van der Waals surface area contributed by atoms with Crippen LogP contribution in [0.2, 0.25) is 0 Å². The molecule has 2 aromatic heterocycles. The number of halogens is 2. The Kier molecular flexibility index (Phi) is 4.29. The van der Waals surface area contributed by atoms with Crippen LogP contribution >= 0.6 is 31.9 Å². The van der Waals surface area contributed by atoms with Gasteiger partial charge in [-0.05, 0) is 82.0 Å². The van der Waals surface area contributed by atoms with Crippen molar-refractivity contribution >= 4 is 49.1 Å². The Morgan fingerprint density at radius 3 is 2.48 bits per heavy atom. The van der Waals surface area contributed by atoms with Crippen molar-refractivity contribution in [3.8, 4) is 0 Å². The van der Waals surface area contributed by atoms with Crippen LogP contribution in [0.25, 0.3) is 5.65 Å². The van der Waals surface area contributed by atoms with E-state index in [1.807, 2.05) is 55.6 Å². The van der Waals surface area contributed by atoms with E-state index in [4.69, 9.17) is 0 Å². The van der Waals surface area contributed by atoms with E-state index < -0.39 is 0 Å². The molecule has 4 nitrogen and oxygen atoms in total. The number of nitrogens with zero attached hydrogens (tertiary/aromatic N) is 2. The van der Waals surface area contributed by atoms with Crippen LogP contribution in [0, 0.1) is 20.8 Å². The molecule has 0 aliphatic heterocycles. The van der Waals surface area contributed by atoms with Crippen molar-refractivity contribution in [1.82, 2.24) is 9.38 Å². The highest BCUT2D eigenvalue weighted by Crippen LogP contribution is 2.26. The molecule has 0 saturated heterocycles. The van der Waals surface area contributed by atoms with Crippen LogP contribution in [0.1, 0.15) is 27.3 Å². The van der Waals surface area contributed by atoms with E-state index >= 15 is 0 Å². The molecule has 3 aromatic rings. The SMILES string of the molecule is Cc1ccc(NC(=O)c2c(C)nc3c(Br)cc(C)cn23)c(Br)c1. The van der Waals surface area contributed by atoms with E-state index in [9.17, 15) is 4.79 Å². The summed E-state index contributed by atoms with van der Waals surface area (Å²) in [5.74, 6) is -0.183. The summed E-state index contributed by atoms with van der Waals surface area (Å²) in [7, 11) is 0. The summed E-state index contributed by atoms with van der Waals surface area (Å²) in [6.45, 7) is 5.83. The number of amides is 1. The molecular weight excluding hydrogens is 422 g/mol. The third kappa shape index (κ3) is 3.05. The van der Waals surface area contributed by atoms with Gasteiger partial charge < -0.3 is 5.32 Å². The van der Waals surface area contributed by atoms with Crippen LogP contribution in [0.5, 0.6) is 0 Å². The first kappa shape index (κ1) is 16.2. The van der Waals surface area contributed by atoms with Gasteiger partial charge in [0.15, 0.2) is 5.65 Å². The number of rotatable bonds is 2. The van der Waals surface area contributed by atoms with Crippen LogP contribution < -0.4 is 5.32 Å². The van der Waals surface area contributed by atoms with Crippen LogP contribution in [0.4, 0.5) is 5.69 Å². The minimum Gasteiger partial charge on any atom is -0.320 e. The summed E-state index contributed by atoms with van der Waals surface area (Å²) in [6, 6.07) is 7.80. The quantitative estimate of drug-likeness (QED) is 0.611. The zero-order chi connectivity index (χ0) is 16.7. The summed E-state index contributed by atoms with van der Waals surface area (Å²) in [5.41, 5.74) is 4.88. The first-order chi connectivity index (χ1) is 10.9. The summed E-state index contributed by atoms with van der Waals surface area (Å²) in [4.78, 5) is 17.3. The van der Waals surface area contributed by atoms with E-state index in [1.165, 1.54) is 0 Å². The van der Waals surface area contributed by atoms with Crippen LogP contribution in [-0.2, 0) is 0 Å². The second-order valence-corrected chi connectivity index (χ2v) is 7.25. The van der Waals surface area contributed by atoms with Crippen LogP contribution in [0.3, 0.4) is 0 Å². The van der Waals surface area contributed by atoms with Crippen molar-refractivity contribution in [2.45, 2.75) is 20.8 Å². The van der Waals surface area contributed by atoms with Gasteiger partial charge in [-0.2, -0.15) is 0 Å². The smallest absolute Gasteiger partial charge is 0.274 e. The minimum absolute atomic E-state index is 0.183. The Hall–Kier alpha value is -1.66. The minimum atomic E-state index is -0.183. The standard InChI is InChI=1S/C17H15Br2N3O/c1-9-4-5-14(12(18)6-9)21-17(23)15-11(3)20-16-13(19)7-10(2)8-22(15)16/h4-8H,1-3H3,(H,21,23). The lowest BCUT2D eigenvalue weighted by Gasteiger charge is -2.09. The summed E-state index contributed by atoms with van der Waals surface area (Å²) >= 11 is 6.99. The molecule has 0 aliphatic rings. The predicted molar refractivity (Wildman–Crippen MR) is 99.2 cm³/mol. The topological polar surface area (TPSA) is 46.4 Å². The maximum atomic E-state index is 12.8. The molecule has 0 spiro atoms. The normalized spacial score (nSPS) is 11.0. The van der Waals surface area contributed by atoms with Crippen molar-refractivity contribution in [1.29, 1.82) is 0 Å². The lowest BCUT2D eigenvalue weighted by molar-refractivity contribution is 0.102. The monoisotopic (exact) mass is 435 g/mol. The number of carbonyl (C=O) groups is 1. The molecule has 3 rings (SSSR count). The number of hydrogen-bond acceptors (Lipinski definition) is 2. The van der Waals surface area contributed by atoms with Gasteiger partial charge in [-0.15, -0.1) is 0 Å². The van der Waals surface area contributed by atoms with Crippen LogP contribution in [0.15, 0.2) is 39.4 Å². The average molecular weight is 437 g/mol. The van der Waals surface area contributed by atoms with Gasteiger partial charge in [0.1, 0.15) is 5.69 Å². The van der Waals surface area contributed by atoms with Crippen molar-refractivity contribution in [2.75, 3.05) is 5.32 Å². The zero-order valence-electron chi connectivity index (χ0n) is 12.9. The van der Waals surface area contributed by atoms with Gasteiger partial charge in [-0.25, -0.2) is 4.98 Å². The Morgan fingerprint density at radius 2 is 1.78 bits per heavy atom. The van der Waals surface area contributed by atoms with Crippen molar-refractivity contribution in [2.24, 2.45) is 0 Å². The number of benzene rings is 1. The molecule has 1 N–H and O–H groups in total. The van der Waals surface area contributed by atoms with Gasteiger partial charge in [0.2, 0.25) is 0 Å². The molecule has 1 aromatic carbocycles. The number of hydrogen-bond donors (Lipinski definition) is 1. The first-order valence-corrected chi connectivity index (χ1v) is 8.67. The van der Waals surface area contributed by atoms with Crippen molar-refractivity contribution in [3.63, 3.8) is 0 Å². The number of fused-ring (bicyclic) bond motifs is 1. The third-order valence-corrected chi connectivity index (χ3v) is 4.81. The number of aromatic nitrogens is 2. The fourth-order valence-corrected chi connectivity index (χ4v) is 3.76. The van der Waals surface area contributed by atoms with Gasteiger partial charge in [-0.1, -0.05) is 6.07 Å². The Morgan fingerprint density at radius 1 is 1.09 bits per heavy atom.